The van der Waals surface area contributed by atoms with E-state index in [9.17, 15) is 0 Å². The Morgan fingerprint density at radius 1 is 0.708 bits per heavy atom. The zero-order chi connectivity index (χ0) is 17.0. The highest BCUT2D eigenvalue weighted by Crippen LogP contribution is 2.19. The number of allylic oxidation sites excluding steroid dienone is 2. The second-order valence-electron chi connectivity index (χ2n) is 4.63. The normalized spacial score (nSPS) is 9.50. The van der Waals surface area contributed by atoms with Crippen molar-refractivity contribution in [3.63, 3.8) is 0 Å². The molecule has 0 atom stereocenters. The minimum atomic E-state index is 0.266. The van der Waals surface area contributed by atoms with Crippen LogP contribution in [-0.2, 0) is 0 Å². The topological polar surface area (TPSA) is 70.5 Å². The molecule has 4 nitrogen and oxygen atoms in total. The van der Waals surface area contributed by atoms with Gasteiger partial charge in [-0.3, -0.25) is 0 Å². The molecule has 0 aromatic heterocycles. The minimum absolute atomic E-state index is 0.266. The maximum atomic E-state index is 5.76. The van der Waals surface area contributed by atoms with Gasteiger partial charge in [0.05, 0.1) is 11.4 Å². The molecule has 2 aromatic rings. The molecule has 24 heavy (non-hydrogen) atoms. The molecule has 0 aliphatic heterocycles. The predicted octanol–water partition coefficient (Wildman–Crippen LogP) is 2.87. The van der Waals surface area contributed by atoms with Crippen molar-refractivity contribution >= 4 is 11.4 Å². The Kier molecular flexibility index (Phi) is 6.68. The van der Waals surface area contributed by atoms with Crippen LogP contribution in [0.3, 0.4) is 0 Å². The zero-order valence-corrected chi connectivity index (χ0v) is 13.2. The standard InChI is InChI=1S/C20H18N2O2/c21-17-11-5-7-13-19(17)23-15-9-3-1-2-4-10-16-24-20-14-8-6-12-18(20)22/h1-2,5-8,11-14H,15-16,21-22H2/b2-1-. The van der Waals surface area contributed by atoms with Crippen molar-refractivity contribution in [2.45, 2.75) is 0 Å². The number of hydrogen-bond donors (Lipinski definition) is 2. The van der Waals surface area contributed by atoms with Gasteiger partial charge in [0.2, 0.25) is 0 Å². The molecule has 0 bridgehead atoms. The van der Waals surface area contributed by atoms with Gasteiger partial charge in [-0.05, 0) is 36.4 Å². The van der Waals surface area contributed by atoms with Crippen LogP contribution in [0.4, 0.5) is 11.4 Å². The fourth-order valence-corrected chi connectivity index (χ4v) is 1.74. The van der Waals surface area contributed by atoms with Crippen LogP contribution in [0, 0.1) is 23.7 Å². The van der Waals surface area contributed by atoms with E-state index < -0.39 is 0 Å². The lowest BCUT2D eigenvalue weighted by molar-refractivity contribution is 0.372. The van der Waals surface area contributed by atoms with Crippen LogP contribution >= 0.6 is 0 Å². The monoisotopic (exact) mass is 318 g/mol. The molecule has 4 N–H and O–H groups in total. The van der Waals surface area contributed by atoms with Crippen LogP contribution < -0.4 is 20.9 Å². The van der Waals surface area contributed by atoms with Crippen LogP contribution in [0.25, 0.3) is 0 Å². The molecule has 0 saturated heterocycles. The molecule has 2 aromatic carbocycles. The van der Waals surface area contributed by atoms with Crippen LogP contribution in [0.5, 0.6) is 11.5 Å². The van der Waals surface area contributed by atoms with E-state index in [1.54, 1.807) is 36.4 Å². The molecule has 2 rings (SSSR count). The smallest absolute Gasteiger partial charge is 0.149 e. The summed E-state index contributed by atoms with van der Waals surface area (Å²) in [7, 11) is 0. The summed E-state index contributed by atoms with van der Waals surface area (Å²) in [5, 5.41) is 0. The molecule has 0 heterocycles. The fraction of sp³-hybridized carbons (Fsp3) is 0.100. The molecule has 0 spiro atoms. The van der Waals surface area contributed by atoms with Gasteiger partial charge in [0.25, 0.3) is 0 Å². The lowest BCUT2D eigenvalue weighted by Crippen LogP contribution is -1.97. The molecule has 0 aliphatic rings. The van der Waals surface area contributed by atoms with Crippen molar-refractivity contribution in [1.82, 2.24) is 0 Å². The zero-order valence-electron chi connectivity index (χ0n) is 13.2. The Morgan fingerprint density at radius 3 is 1.54 bits per heavy atom. The van der Waals surface area contributed by atoms with E-state index >= 15 is 0 Å². The first-order valence-electron chi connectivity index (χ1n) is 7.34. The molecule has 0 saturated carbocycles. The third-order valence-electron chi connectivity index (χ3n) is 2.89. The third-order valence-corrected chi connectivity index (χ3v) is 2.89. The Bertz CT molecular complexity index is 751. The average molecular weight is 318 g/mol. The molecule has 4 heteroatoms. The number of nitrogen functional groups attached to an aromatic ring is 2. The van der Waals surface area contributed by atoms with Crippen molar-refractivity contribution in [1.29, 1.82) is 0 Å². The average Bonchev–Trinajstić information content (AvgIpc) is 2.59. The second-order valence-corrected chi connectivity index (χ2v) is 4.63. The quantitative estimate of drug-likeness (QED) is 0.672. The highest BCUT2D eigenvalue weighted by molar-refractivity contribution is 5.52. The molecule has 0 amide bonds. The summed E-state index contributed by atoms with van der Waals surface area (Å²) in [5.41, 5.74) is 12.7. The number of benzene rings is 2. The molecule has 120 valence electrons. The van der Waals surface area contributed by atoms with E-state index in [0.717, 1.165) is 0 Å². The Balaban J connectivity index is 1.69. The highest BCUT2D eigenvalue weighted by atomic mass is 16.5. The van der Waals surface area contributed by atoms with Gasteiger partial charge in [0, 0.05) is 0 Å². The predicted molar refractivity (Wildman–Crippen MR) is 97.4 cm³/mol. The Labute approximate surface area is 142 Å². The lowest BCUT2D eigenvalue weighted by atomic mass is 10.3. The van der Waals surface area contributed by atoms with Gasteiger partial charge in [-0.25, -0.2) is 0 Å². The molecule has 0 aliphatic carbocycles. The van der Waals surface area contributed by atoms with E-state index in [0.29, 0.717) is 22.9 Å². The van der Waals surface area contributed by atoms with Crippen LogP contribution in [0.2, 0.25) is 0 Å². The molecular formula is C20H18N2O2. The number of nitrogens with two attached hydrogens (primary N) is 2. The van der Waals surface area contributed by atoms with Gasteiger partial charge in [-0.1, -0.05) is 47.9 Å². The van der Waals surface area contributed by atoms with E-state index in [4.69, 9.17) is 20.9 Å². The van der Waals surface area contributed by atoms with Crippen molar-refractivity contribution in [2.24, 2.45) is 0 Å². The molecular weight excluding hydrogens is 300 g/mol. The first-order chi connectivity index (χ1) is 11.8. The largest absolute Gasteiger partial charge is 0.479 e. The maximum Gasteiger partial charge on any atom is 0.149 e. The second kappa shape index (κ2) is 9.50. The summed E-state index contributed by atoms with van der Waals surface area (Å²) in [6.07, 6.45) is 3.31. The van der Waals surface area contributed by atoms with Gasteiger partial charge in [-0.15, -0.1) is 0 Å². The summed E-state index contributed by atoms with van der Waals surface area (Å²) < 4.78 is 10.9. The summed E-state index contributed by atoms with van der Waals surface area (Å²) in [6.45, 7) is 0.532. The van der Waals surface area contributed by atoms with Crippen molar-refractivity contribution in [3.05, 3.63) is 60.7 Å². The summed E-state index contributed by atoms with van der Waals surface area (Å²) in [5.74, 6) is 12.6. The van der Waals surface area contributed by atoms with Crippen molar-refractivity contribution in [2.75, 3.05) is 24.7 Å². The van der Waals surface area contributed by atoms with E-state index in [1.807, 2.05) is 24.3 Å². The number of anilines is 2. The Hall–Kier alpha value is -3.50. The molecule has 0 unspecified atom stereocenters. The summed E-state index contributed by atoms with van der Waals surface area (Å²) in [4.78, 5) is 0. The Morgan fingerprint density at radius 2 is 1.12 bits per heavy atom. The minimum Gasteiger partial charge on any atom is -0.479 e. The highest BCUT2D eigenvalue weighted by Gasteiger charge is 1.96. The SMILES string of the molecule is Nc1ccccc1OCC#C/C=C\C#CCOc1ccccc1N. The maximum absolute atomic E-state index is 5.76. The van der Waals surface area contributed by atoms with Gasteiger partial charge in [0.15, 0.2) is 0 Å². The van der Waals surface area contributed by atoms with Gasteiger partial charge in [0.1, 0.15) is 24.7 Å². The van der Waals surface area contributed by atoms with Gasteiger partial charge >= 0.3 is 0 Å². The van der Waals surface area contributed by atoms with Gasteiger partial charge in [-0.2, -0.15) is 0 Å². The van der Waals surface area contributed by atoms with Crippen LogP contribution in [0.1, 0.15) is 0 Å². The van der Waals surface area contributed by atoms with E-state index in [2.05, 4.69) is 23.7 Å². The first-order valence-corrected chi connectivity index (χ1v) is 7.34. The lowest BCUT2D eigenvalue weighted by Gasteiger charge is -2.03. The van der Waals surface area contributed by atoms with Crippen molar-refractivity contribution in [3.8, 4) is 35.2 Å². The fourth-order valence-electron chi connectivity index (χ4n) is 1.74. The first kappa shape index (κ1) is 16.9. The van der Waals surface area contributed by atoms with Gasteiger partial charge < -0.3 is 20.9 Å². The van der Waals surface area contributed by atoms with E-state index in [-0.39, 0.29) is 13.2 Å². The van der Waals surface area contributed by atoms with Crippen LogP contribution in [0.15, 0.2) is 60.7 Å². The molecule has 0 radical (unpaired) electrons. The third kappa shape index (κ3) is 5.71. The summed E-state index contributed by atoms with van der Waals surface area (Å²) >= 11 is 0. The number of hydrogen-bond acceptors (Lipinski definition) is 4. The molecule has 0 fully saturated rings. The van der Waals surface area contributed by atoms with Crippen LogP contribution in [-0.4, -0.2) is 13.2 Å². The number of ether oxygens (including phenoxy) is 2. The number of para-hydroxylation sites is 4. The van der Waals surface area contributed by atoms with Crippen molar-refractivity contribution < 1.29 is 9.47 Å². The summed E-state index contributed by atoms with van der Waals surface area (Å²) in [6, 6.07) is 14.6. The van der Waals surface area contributed by atoms with E-state index in [1.165, 1.54) is 0 Å². The number of rotatable bonds is 4.